The van der Waals surface area contributed by atoms with E-state index in [9.17, 15) is 18.5 Å². The van der Waals surface area contributed by atoms with Gasteiger partial charge >= 0.3 is 0 Å². The van der Waals surface area contributed by atoms with Gasteiger partial charge in [-0.15, -0.1) is 11.3 Å². The molecule has 0 bridgehead atoms. The van der Waals surface area contributed by atoms with E-state index in [0.717, 1.165) is 27.3 Å². The number of hydrogen-bond donors (Lipinski definition) is 3. The van der Waals surface area contributed by atoms with Crippen LogP contribution in [-0.4, -0.2) is 31.5 Å². The first-order chi connectivity index (χ1) is 18.3. The largest absolute Gasteiger partial charge is 0.488 e. The molecule has 12 heteroatoms. The third-order valence-electron chi connectivity index (χ3n) is 5.27. The van der Waals surface area contributed by atoms with Gasteiger partial charge < -0.3 is 15.4 Å². The fourth-order valence-electron chi connectivity index (χ4n) is 3.42. The lowest BCUT2D eigenvalue weighted by molar-refractivity contribution is -0.384. The molecule has 38 heavy (non-hydrogen) atoms. The number of sulfonamides is 1. The van der Waals surface area contributed by atoms with E-state index in [2.05, 4.69) is 15.4 Å². The van der Waals surface area contributed by atoms with Crippen LogP contribution < -0.4 is 20.1 Å². The smallest absolute Gasteiger partial charge is 0.269 e. The Hall–Kier alpha value is -3.84. The van der Waals surface area contributed by atoms with Gasteiger partial charge in [0.15, 0.2) is 5.11 Å². The molecule has 0 saturated heterocycles. The minimum absolute atomic E-state index is 0.0243. The first kappa shape index (κ1) is 27.2. The number of hydrogen-bond acceptors (Lipinski definition) is 7. The Morgan fingerprint density at radius 1 is 0.921 bits per heavy atom. The number of anilines is 1. The molecule has 0 aliphatic rings. The number of nitrogens with zero attached hydrogens (tertiary/aromatic N) is 1. The monoisotopic (exact) mass is 568 g/mol. The van der Waals surface area contributed by atoms with E-state index in [4.69, 9.17) is 17.0 Å². The van der Waals surface area contributed by atoms with Crippen molar-refractivity contribution in [3.8, 4) is 16.2 Å². The van der Waals surface area contributed by atoms with Gasteiger partial charge in [0, 0.05) is 41.4 Å². The standard InChI is InChI=1S/C26H24N4O5S3/c31-30(32)21-12-10-20(11-13-21)29-26(36)27-16-17-28-38(33,34)25-15-14-24(37-25)22-8-4-5-9-23(22)35-18-19-6-2-1-3-7-19/h1-15,28H,16-18H2,(H2,27,29,36). The lowest BCUT2D eigenvalue weighted by Gasteiger charge is -2.11. The van der Waals surface area contributed by atoms with Gasteiger partial charge in [-0.05, 0) is 54.2 Å². The van der Waals surface area contributed by atoms with Crippen LogP contribution in [0.25, 0.3) is 10.4 Å². The Morgan fingerprint density at radius 2 is 1.63 bits per heavy atom. The Balaban J connectivity index is 1.30. The molecule has 4 rings (SSSR count). The zero-order valence-corrected chi connectivity index (χ0v) is 22.4. The molecule has 0 aliphatic heterocycles. The Bertz CT molecular complexity index is 1510. The molecule has 0 fully saturated rings. The summed E-state index contributed by atoms with van der Waals surface area (Å²) in [6.07, 6.45) is 0. The Morgan fingerprint density at radius 3 is 2.37 bits per heavy atom. The van der Waals surface area contributed by atoms with Crippen LogP contribution in [0.15, 0.2) is 95.2 Å². The molecule has 0 radical (unpaired) electrons. The minimum atomic E-state index is -3.73. The van der Waals surface area contributed by atoms with E-state index < -0.39 is 14.9 Å². The van der Waals surface area contributed by atoms with Gasteiger partial charge in [0.2, 0.25) is 10.0 Å². The number of rotatable bonds is 11. The maximum Gasteiger partial charge on any atom is 0.269 e. The predicted molar refractivity (Wildman–Crippen MR) is 153 cm³/mol. The van der Waals surface area contributed by atoms with Crippen molar-refractivity contribution >= 4 is 50.1 Å². The van der Waals surface area contributed by atoms with Crippen LogP contribution in [-0.2, 0) is 16.6 Å². The van der Waals surface area contributed by atoms with Crippen molar-refractivity contribution in [2.24, 2.45) is 0 Å². The second-order valence-electron chi connectivity index (χ2n) is 7.97. The highest BCUT2D eigenvalue weighted by Crippen LogP contribution is 2.36. The molecule has 0 aliphatic carbocycles. The third-order valence-corrected chi connectivity index (χ3v) is 8.59. The van der Waals surface area contributed by atoms with E-state index in [0.29, 0.717) is 18.0 Å². The minimum Gasteiger partial charge on any atom is -0.488 e. The Kier molecular flexibility index (Phi) is 9.02. The van der Waals surface area contributed by atoms with Gasteiger partial charge in [-0.3, -0.25) is 10.1 Å². The molecule has 0 saturated carbocycles. The summed E-state index contributed by atoms with van der Waals surface area (Å²) in [5.74, 6) is 0.674. The summed E-state index contributed by atoms with van der Waals surface area (Å²) in [6, 6.07) is 26.5. The number of benzene rings is 3. The molecular formula is C26H24N4O5S3. The number of nitro groups is 1. The van der Waals surface area contributed by atoms with Crippen molar-refractivity contribution in [1.82, 2.24) is 10.0 Å². The zero-order chi connectivity index (χ0) is 27.0. The van der Waals surface area contributed by atoms with E-state index in [1.807, 2.05) is 54.6 Å². The highest BCUT2D eigenvalue weighted by molar-refractivity contribution is 7.91. The van der Waals surface area contributed by atoms with Crippen LogP contribution in [0.3, 0.4) is 0 Å². The number of ether oxygens (including phenoxy) is 1. The molecule has 1 heterocycles. The second kappa shape index (κ2) is 12.6. The SMILES string of the molecule is O=[N+]([O-])c1ccc(NC(=S)NCCNS(=O)(=O)c2ccc(-c3ccccc3OCc3ccccc3)s2)cc1. The van der Waals surface area contributed by atoms with Crippen molar-refractivity contribution < 1.29 is 18.1 Å². The van der Waals surface area contributed by atoms with Gasteiger partial charge in [-0.25, -0.2) is 13.1 Å². The topological polar surface area (TPSA) is 123 Å². The van der Waals surface area contributed by atoms with E-state index in [-0.39, 0.29) is 28.1 Å². The van der Waals surface area contributed by atoms with Crippen LogP contribution in [0, 0.1) is 10.1 Å². The molecule has 196 valence electrons. The molecule has 0 atom stereocenters. The fraction of sp³-hybridized carbons (Fsp3) is 0.115. The van der Waals surface area contributed by atoms with Gasteiger partial charge in [-0.2, -0.15) is 0 Å². The van der Waals surface area contributed by atoms with Crippen molar-refractivity contribution in [3.63, 3.8) is 0 Å². The molecule has 0 unspecified atom stereocenters. The molecule has 0 amide bonds. The molecular weight excluding hydrogens is 545 g/mol. The van der Waals surface area contributed by atoms with Crippen molar-refractivity contribution in [2.45, 2.75) is 10.8 Å². The summed E-state index contributed by atoms with van der Waals surface area (Å²) < 4.78 is 34.4. The lowest BCUT2D eigenvalue weighted by atomic mass is 10.1. The molecule has 3 N–H and O–H groups in total. The van der Waals surface area contributed by atoms with Crippen LogP contribution >= 0.6 is 23.6 Å². The molecule has 9 nitrogen and oxygen atoms in total. The quantitative estimate of drug-likeness (QED) is 0.0981. The third kappa shape index (κ3) is 7.35. The number of para-hydroxylation sites is 1. The number of thiocarbonyl (C=S) groups is 1. The maximum atomic E-state index is 12.8. The van der Waals surface area contributed by atoms with Gasteiger partial charge in [0.25, 0.3) is 5.69 Å². The summed E-state index contributed by atoms with van der Waals surface area (Å²) in [5, 5.41) is 16.8. The summed E-state index contributed by atoms with van der Waals surface area (Å²) in [5.41, 5.74) is 2.41. The van der Waals surface area contributed by atoms with Crippen molar-refractivity contribution in [1.29, 1.82) is 0 Å². The van der Waals surface area contributed by atoms with E-state index >= 15 is 0 Å². The number of nitrogens with one attached hydrogen (secondary N) is 3. The second-order valence-corrected chi connectivity index (χ2v) is 11.5. The van der Waals surface area contributed by atoms with Crippen LogP contribution in [0.2, 0.25) is 0 Å². The average molecular weight is 569 g/mol. The van der Waals surface area contributed by atoms with Gasteiger partial charge in [-0.1, -0.05) is 42.5 Å². The number of thiophene rings is 1. The molecule has 3 aromatic carbocycles. The van der Waals surface area contributed by atoms with Crippen LogP contribution in [0.1, 0.15) is 5.56 Å². The number of nitro benzene ring substituents is 1. The first-order valence-electron chi connectivity index (χ1n) is 11.5. The molecule has 4 aromatic rings. The van der Waals surface area contributed by atoms with Gasteiger partial charge in [0.1, 0.15) is 16.6 Å². The molecule has 0 spiro atoms. The van der Waals surface area contributed by atoms with Crippen molar-refractivity contribution in [3.05, 3.63) is 107 Å². The van der Waals surface area contributed by atoms with Gasteiger partial charge in [0.05, 0.1) is 4.92 Å². The van der Waals surface area contributed by atoms with Crippen molar-refractivity contribution in [2.75, 3.05) is 18.4 Å². The normalized spacial score (nSPS) is 11.1. The molecule has 1 aromatic heterocycles. The van der Waals surface area contributed by atoms with E-state index in [1.165, 1.54) is 24.3 Å². The van der Waals surface area contributed by atoms with E-state index in [1.54, 1.807) is 12.1 Å². The first-order valence-corrected chi connectivity index (χ1v) is 14.2. The highest BCUT2D eigenvalue weighted by Gasteiger charge is 2.18. The number of non-ortho nitro benzene ring substituents is 1. The van der Waals surface area contributed by atoms with Crippen LogP contribution in [0.5, 0.6) is 5.75 Å². The summed E-state index contributed by atoms with van der Waals surface area (Å²) in [7, 11) is -3.73. The summed E-state index contributed by atoms with van der Waals surface area (Å²) in [6.45, 7) is 0.755. The maximum absolute atomic E-state index is 12.8. The summed E-state index contributed by atoms with van der Waals surface area (Å²) >= 11 is 6.36. The van der Waals surface area contributed by atoms with Crippen LogP contribution in [0.4, 0.5) is 11.4 Å². The lowest BCUT2D eigenvalue weighted by Crippen LogP contribution is -2.36. The summed E-state index contributed by atoms with van der Waals surface area (Å²) in [4.78, 5) is 11.0. The Labute approximate surface area is 229 Å². The predicted octanol–water partition coefficient (Wildman–Crippen LogP) is 5.17. The average Bonchev–Trinajstić information content (AvgIpc) is 3.42. The highest BCUT2D eigenvalue weighted by atomic mass is 32.2. The zero-order valence-electron chi connectivity index (χ0n) is 20.0. The fourth-order valence-corrected chi connectivity index (χ4v) is 6.05.